The first-order chi connectivity index (χ1) is 16.8. The lowest BCUT2D eigenvalue weighted by Gasteiger charge is -2.14. The molecule has 0 aliphatic carbocycles. The molecule has 0 saturated heterocycles. The van der Waals surface area contributed by atoms with E-state index in [-0.39, 0.29) is 32.6 Å². The summed E-state index contributed by atoms with van der Waals surface area (Å²) < 4.78 is 8.53. The number of aromatic nitrogens is 3. The van der Waals surface area contributed by atoms with Crippen molar-refractivity contribution in [2.45, 2.75) is 26.8 Å². The minimum absolute atomic E-state index is 0.0684. The second-order valence-electron chi connectivity index (χ2n) is 7.78. The number of amides is 1. The maximum Gasteiger partial charge on any atom is 0.280 e. The fraction of sp³-hybridized carbons (Fsp3) is 0.240. The van der Waals surface area contributed by atoms with Gasteiger partial charge in [-0.05, 0) is 56.2 Å². The van der Waals surface area contributed by atoms with Gasteiger partial charge in [-0.25, -0.2) is 4.98 Å². The third-order valence-corrected chi connectivity index (χ3v) is 6.02. The topological polar surface area (TPSA) is 102 Å². The molecule has 0 fully saturated rings. The first kappa shape index (κ1) is 24.6. The van der Waals surface area contributed by atoms with E-state index in [0.717, 1.165) is 5.56 Å². The van der Waals surface area contributed by atoms with Crippen molar-refractivity contribution in [3.8, 4) is 6.07 Å². The summed E-state index contributed by atoms with van der Waals surface area (Å²) in [6, 6.07) is 11.6. The van der Waals surface area contributed by atoms with Crippen molar-refractivity contribution < 1.29 is 9.53 Å². The first-order valence-corrected chi connectivity index (χ1v) is 11.7. The summed E-state index contributed by atoms with van der Waals surface area (Å²) in [5, 5.41) is 10.7. The standard InChI is InChI=1S/C25H21Cl2N5O3/c1-3-35-11-5-10-31-22(30-24(33)18-8-7-17(26)13-20(18)27)16(14-28)12-19-23(31)29-21-15(2)6-4-9-32(21)25(19)34/h4,6-9,12-13H,3,5,10-11H2,1-2H3. The highest BCUT2D eigenvalue weighted by atomic mass is 35.5. The smallest absolute Gasteiger partial charge is 0.280 e. The molecule has 0 aliphatic heterocycles. The van der Waals surface area contributed by atoms with Gasteiger partial charge in [-0.3, -0.25) is 14.0 Å². The summed E-state index contributed by atoms with van der Waals surface area (Å²) in [7, 11) is 0. The Kier molecular flexibility index (Phi) is 7.31. The molecule has 0 radical (unpaired) electrons. The van der Waals surface area contributed by atoms with Gasteiger partial charge in [0.05, 0.1) is 21.5 Å². The molecule has 0 atom stereocenters. The number of benzene rings is 1. The lowest BCUT2D eigenvalue weighted by atomic mass is 10.2. The quantitative estimate of drug-likeness (QED) is 0.284. The molecule has 35 heavy (non-hydrogen) atoms. The Labute approximate surface area is 210 Å². The molecule has 0 bridgehead atoms. The van der Waals surface area contributed by atoms with E-state index < -0.39 is 5.91 Å². The van der Waals surface area contributed by atoms with Gasteiger partial charge in [0.15, 0.2) is 5.49 Å². The van der Waals surface area contributed by atoms with E-state index >= 15 is 0 Å². The molecule has 10 heteroatoms. The molecule has 0 saturated carbocycles. The van der Waals surface area contributed by atoms with Crippen LogP contribution in [0.3, 0.4) is 0 Å². The Hall–Kier alpha value is -3.51. The molecule has 3 heterocycles. The summed E-state index contributed by atoms with van der Waals surface area (Å²) >= 11 is 12.2. The monoisotopic (exact) mass is 509 g/mol. The predicted octanol–water partition coefficient (Wildman–Crippen LogP) is 4.30. The molecular weight excluding hydrogens is 489 g/mol. The van der Waals surface area contributed by atoms with Crippen LogP contribution in [-0.2, 0) is 11.3 Å². The zero-order chi connectivity index (χ0) is 25.1. The highest BCUT2D eigenvalue weighted by molar-refractivity contribution is 6.36. The van der Waals surface area contributed by atoms with Crippen molar-refractivity contribution in [3.63, 3.8) is 0 Å². The Balaban J connectivity index is 2.04. The average molecular weight is 510 g/mol. The van der Waals surface area contributed by atoms with Gasteiger partial charge < -0.3 is 9.30 Å². The summed E-state index contributed by atoms with van der Waals surface area (Å²) in [6.07, 6.45) is 2.18. The number of hydrogen-bond donors (Lipinski definition) is 0. The van der Waals surface area contributed by atoms with Crippen LogP contribution < -0.4 is 11.0 Å². The van der Waals surface area contributed by atoms with Gasteiger partial charge in [-0.15, -0.1) is 0 Å². The zero-order valence-corrected chi connectivity index (χ0v) is 20.6. The SMILES string of the molecule is CCOCCCn1c(=NC(=O)c2ccc(Cl)cc2Cl)c(C#N)cc2c(=O)n3cccc(C)c3nc21. The number of carbonyl (C=O) groups excluding carboxylic acids is 1. The second-order valence-corrected chi connectivity index (χ2v) is 8.62. The molecule has 1 aromatic carbocycles. The van der Waals surface area contributed by atoms with Crippen molar-refractivity contribution >= 4 is 45.8 Å². The van der Waals surface area contributed by atoms with Crippen LogP contribution in [0.5, 0.6) is 0 Å². The molecule has 0 N–H and O–H groups in total. The van der Waals surface area contributed by atoms with E-state index in [0.29, 0.717) is 42.5 Å². The van der Waals surface area contributed by atoms with Crippen LogP contribution in [0.2, 0.25) is 10.0 Å². The number of fused-ring (bicyclic) bond motifs is 2. The number of hydrogen-bond acceptors (Lipinski definition) is 5. The molecule has 0 spiro atoms. The minimum Gasteiger partial charge on any atom is -0.382 e. The zero-order valence-electron chi connectivity index (χ0n) is 19.1. The third kappa shape index (κ3) is 4.84. The third-order valence-electron chi connectivity index (χ3n) is 5.47. The number of rotatable bonds is 6. The average Bonchev–Trinajstić information content (AvgIpc) is 2.83. The van der Waals surface area contributed by atoms with Crippen LogP contribution in [0.15, 0.2) is 52.4 Å². The van der Waals surface area contributed by atoms with E-state index in [1.54, 1.807) is 16.8 Å². The van der Waals surface area contributed by atoms with Crippen LogP contribution in [0.1, 0.15) is 34.8 Å². The van der Waals surface area contributed by atoms with Crippen LogP contribution >= 0.6 is 23.2 Å². The van der Waals surface area contributed by atoms with E-state index in [1.807, 2.05) is 19.9 Å². The van der Waals surface area contributed by atoms with Gasteiger partial charge in [-0.2, -0.15) is 10.3 Å². The predicted molar refractivity (Wildman–Crippen MR) is 134 cm³/mol. The Morgan fingerprint density at radius 2 is 2.03 bits per heavy atom. The molecule has 8 nitrogen and oxygen atoms in total. The van der Waals surface area contributed by atoms with E-state index in [9.17, 15) is 14.9 Å². The number of nitriles is 1. The summed E-state index contributed by atoms with van der Waals surface area (Å²) in [5.74, 6) is -0.644. The fourth-order valence-corrected chi connectivity index (χ4v) is 4.28. The van der Waals surface area contributed by atoms with Gasteiger partial charge >= 0.3 is 0 Å². The van der Waals surface area contributed by atoms with Gasteiger partial charge in [0.2, 0.25) is 0 Å². The normalized spacial score (nSPS) is 11.8. The second kappa shape index (κ2) is 10.4. The molecule has 0 aliphatic rings. The van der Waals surface area contributed by atoms with Crippen molar-refractivity contribution in [1.82, 2.24) is 14.0 Å². The molecule has 1 amide bonds. The van der Waals surface area contributed by atoms with Crippen molar-refractivity contribution in [1.29, 1.82) is 5.26 Å². The first-order valence-electron chi connectivity index (χ1n) is 10.9. The van der Waals surface area contributed by atoms with Crippen molar-refractivity contribution in [2.75, 3.05) is 13.2 Å². The van der Waals surface area contributed by atoms with Crippen LogP contribution in [0.25, 0.3) is 16.7 Å². The van der Waals surface area contributed by atoms with Crippen LogP contribution in [0.4, 0.5) is 0 Å². The molecule has 178 valence electrons. The van der Waals surface area contributed by atoms with E-state index in [4.69, 9.17) is 32.9 Å². The van der Waals surface area contributed by atoms with Crippen LogP contribution in [0, 0.1) is 18.3 Å². The Morgan fingerprint density at radius 1 is 1.23 bits per heavy atom. The number of carbonyl (C=O) groups is 1. The highest BCUT2D eigenvalue weighted by Crippen LogP contribution is 2.21. The number of aryl methyl sites for hydroxylation is 2. The van der Waals surface area contributed by atoms with Gasteiger partial charge in [-0.1, -0.05) is 29.3 Å². The van der Waals surface area contributed by atoms with Gasteiger partial charge in [0.25, 0.3) is 11.5 Å². The number of nitrogens with zero attached hydrogens (tertiary/aromatic N) is 5. The molecule has 4 aromatic rings. The van der Waals surface area contributed by atoms with Crippen molar-refractivity contribution in [2.24, 2.45) is 4.99 Å². The summed E-state index contributed by atoms with van der Waals surface area (Å²) in [6.45, 7) is 5.07. The molecule has 4 rings (SSSR count). The Morgan fingerprint density at radius 3 is 2.74 bits per heavy atom. The minimum atomic E-state index is -0.644. The van der Waals surface area contributed by atoms with E-state index in [1.165, 1.54) is 28.7 Å². The van der Waals surface area contributed by atoms with Gasteiger partial charge in [0.1, 0.15) is 17.4 Å². The number of ether oxygens (including phenoxy) is 1. The lowest BCUT2D eigenvalue weighted by Crippen LogP contribution is -2.30. The van der Waals surface area contributed by atoms with Crippen LogP contribution in [-0.4, -0.2) is 33.1 Å². The molecular formula is C25H21Cl2N5O3. The summed E-state index contributed by atoms with van der Waals surface area (Å²) in [4.78, 5) is 35.4. The maximum atomic E-state index is 13.3. The fourth-order valence-electron chi connectivity index (χ4n) is 3.79. The Bertz CT molecular complexity index is 1630. The maximum absolute atomic E-state index is 13.3. The number of halogens is 2. The number of pyridine rings is 2. The molecule has 0 unspecified atom stereocenters. The summed E-state index contributed by atoms with van der Waals surface area (Å²) in [5.41, 5.74) is 1.60. The lowest BCUT2D eigenvalue weighted by molar-refractivity contribution is 0.0997. The van der Waals surface area contributed by atoms with Crippen molar-refractivity contribution in [3.05, 3.63) is 85.2 Å². The highest BCUT2D eigenvalue weighted by Gasteiger charge is 2.17. The largest absolute Gasteiger partial charge is 0.382 e. The molecule has 3 aromatic heterocycles. The van der Waals surface area contributed by atoms with Gasteiger partial charge in [0, 0.05) is 31.0 Å². The van der Waals surface area contributed by atoms with E-state index in [2.05, 4.69) is 11.1 Å².